The van der Waals surface area contributed by atoms with Crippen LogP contribution in [0.15, 0.2) is 42.5 Å². The Balaban J connectivity index is 1.26. The molecule has 0 saturated heterocycles. The van der Waals surface area contributed by atoms with Gasteiger partial charge in [0.2, 0.25) is 0 Å². The predicted octanol–water partition coefficient (Wildman–Crippen LogP) is 5.04. The number of fused-ring (bicyclic) bond motifs is 1. The van der Waals surface area contributed by atoms with Crippen molar-refractivity contribution in [2.75, 3.05) is 6.61 Å². The Kier molecular flexibility index (Phi) is 4.74. The number of carbonyl (C=O) groups is 1. The van der Waals surface area contributed by atoms with E-state index < -0.39 is 0 Å². The molecule has 1 fully saturated rings. The largest absolute Gasteiger partial charge is 0.494 e. The zero-order chi connectivity index (χ0) is 17.9. The lowest BCUT2D eigenvalue weighted by Crippen LogP contribution is -1.98. The molecular formula is C22H24N2O2. The van der Waals surface area contributed by atoms with Crippen LogP contribution in [0.1, 0.15) is 60.3 Å². The average molecular weight is 348 g/mol. The summed E-state index contributed by atoms with van der Waals surface area (Å²) < 4.78 is 5.91. The molecule has 0 atom stereocenters. The molecule has 26 heavy (non-hydrogen) atoms. The zero-order valence-electron chi connectivity index (χ0n) is 15.1. The smallest absolute Gasteiger partial charge is 0.195 e. The number of carbonyl (C=O) groups excluding carboxylic acids is 1. The van der Waals surface area contributed by atoms with E-state index in [0.717, 1.165) is 48.6 Å². The maximum Gasteiger partial charge on any atom is 0.195 e. The number of Topliss-reactive ketones (excluding diaryl/α,β-unsaturated/α-hetero) is 1. The molecule has 0 unspecified atom stereocenters. The van der Waals surface area contributed by atoms with Gasteiger partial charge in [-0.3, -0.25) is 4.79 Å². The standard InChI is InChI=1S/C22H24N2O2/c1-15(25)22-23-20-11-8-16(13-21(20)24-22)5-2-3-12-26-19-7-4-6-18(14-19)17-9-10-17/h4,6-8,11,13-14,17H,2-3,5,9-10,12H2,1H3,(H,23,24). The molecule has 3 aromatic rings. The van der Waals surface area contributed by atoms with E-state index >= 15 is 0 Å². The van der Waals surface area contributed by atoms with Crippen LogP contribution in [0.2, 0.25) is 0 Å². The van der Waals surface area contributed by atoms with Gasteiger partial charge in [0.1, 0.15) is 5.75 Å². The zero-order valence-corrected chi connectivity index (χ0v) is 15.1. The highest BCUT2D eigenvalue weighted by molar-refractivity contribution is 5.94. The van der Waals surface area contributed by atoms with Crippen molar-refractivity contribution in [3.63, 3.8) is 0 Å². The minimum absolute atomic E-state index is 0.0364. The van der Waals surface area contributed by atoms with Crippen molar-refractivity contribution < 1.29 is 9.53 Å². The number of hydrogen-bond donors (Lipinski definition) is 1. The number of rotatable bonds is 8. The van der Waals surface area contributed by atoms with E-state index in [1.807, 2.05) is 12.1 Å². The van der Waals surface area contributed by atoms with Crippen molar-refractivity contribution in [3.8, 4) is 5.75 Å². The Labute approximate surface area is 153 Å². The summed E-state index contributed by atoms with van der Waals surface area (Å²) in [6, 6.07) is 14.7. The van der Waals surface area contributed by atoms with Gasteiger partial charge in [-0.05, 0) is 73.4 Å². The summed E-state index contributed by atoms with van der Waals surface area (Å²) >= 11 is 0. The monoisotopic (exact) mass is 348 g/mol. The van der Waals surface area contributed by atoms with Crippen LogP contribution in [0.25, 0.3) is 11.0 Å². The number of H-pyrrole nitrogens is 1. The Hall–Kier alpha value is -2.62. The summed E-state index contributed by atoms with van der Waals surface area (Å²) in [6.45, 7) is 2.27. The average Bonchev–Trinajstić information content (AvgIpc) is 3.40. The lowest BCUT2D eigenvalue weighted by Gasteiger charge is -2.08. The summed E-state index contributed by atoms with van der Waals surface area (Å²) in [7, 11) is 0. The van der Waals surface area contributed by atoms with Gasteiger partial charge in [0.25, 0.3) is 0 Å². The first kappa shape index (κ1) is 16.8. The lowest BCUT2D eigenvalue weighted by molar-refractivity contribution is 0.100. The number of ether oxygens (including phenoxy) is 1. The second-order valence-electron chi connectivity index (χ2n) is 7.15. The highest BCUT2D eigenvalue weighted by Gasteiger charge is 2.23. The van der Waals surface area contributed by atoms with Gasteiger partial charge in [0.05, 0.1) is 17.6 Å². The van der Waals surface area contributed by atoms with Crippen molar-refractivity contribution in [2.24, 2.45) is 0 Å². The maximum atomic E-state index is 11.4. The van der Waals surface area contributed by atoms with Crippen LogP contribution in [0.4, 0.5) is 0 Å². The highest BCUT2D eigenvalue weighted by atomic mass is 16.5. The molecule has 0 spiro atoms. The SMILES string of the molecule is CC(=O)c1nc2ccc(CCCCOc3cccc(C4CC4)c3)cc2[nH]1. The van der Waals surface area contributed by atoms with Gasteiger partial charge < -0.3 is 9.72 Å². The number of hydrogen-bond acceptors (Lipinski definition) is 3. The summed E-state index contributed by atoms with van der Waals surface area (Å²) in [5.74, 6) is 2.15. The third kappa shape index (κ3) is 3.96. The van der Waals surface area contributed by atoms with Crippen LogP contribution in [0.5, 0.6) is 5.75 Å². The number of ketones is 1. The van der Waals surface area contributed by atoms with Crippen molar-refractivity contribution in [3.05, 3.63) is 59.4 Å². The van der Waals surface area contributed by atoms with E-state index in [0.29, 0.717) is 5.82 Å². The minimum atomic E-state index is -0.0364. The van der Waals surface area contributed by atoms with Crippen LogP contribution >= 0.6 is 0 Å². The van der Waals surface area contributed by atoms with E-state index in [2.05, 4.69) is 40.3 Å². The number of nitrogens with one attached hydrogen (secondary N) is 1. The number of nitrogens with zero attached hydrogens (tertiary/aromatic N) is 1. The van der Waals surface area contributed by atoms with Gasteiger partial charge >= 0.3 is 0 Å². The van der Waals surface area contributed by atoms with E-state index in [9.17, 15) is 4.79 Å². The molecule has 1 N–H and O–H groups in total. The molecule has 1 aliphatic carbocycles. The Morgan fingerprint density at radius 1 is 1.19 bits per heavy atom. The Bertz CT molecular complexity index is 925. The summed E-state index contributed by atoms with van der Waals surface area (Å²) in [5.41, 5.74) is 4.45. The number of unbranched alkanes of at least 4 members (excludes halogenated alkanes) is 1. The van der Waals surface area contributed by atoms with Crippen LogP contribution in [-0.2, 0) is 6.42 Å². The van der Waals surface area contributed by atoms with Crippen molar-refractivity contribution in [1.29, 1.82) is 0 Å². The summed E-state index contributed by atoms with van der Waals surface area (Å²) in [4.78, 5) is 18.8. The van der Waals surface area contributed by atoms with Gasteiger partial charge in [-0.2, -0.15) is 0 Å². The molecule has 1 aliphatic rings. The molecular weight excluding hydrogens is 324 g/mol. The highest BCUT2D eigenvalue weighted by Crippen LogP contribution is 2.40. The van der Waals surface area contributed by atoms with Gasteiger partial charge in [-0.25, -0.2) is 4.98 Å². The maximum absolute atomic E-state index is 11.4. The number of aromatic nitrogens is 2. The molecule has 0 amide bonds. The molecule has 0 radical (unpaired) electrons. The van der Waals surface area contributed by atoms with E-state index in [1.165, 1.54) is 30.9 Å². The molecule has 1 aromatic heterocycles. The summed E-state index contributed by atoms with van der Waals surface area (Å²) in [5, 5.41) is 0. The minimum Gasteiger partial charge on any atom is -0.494 e. The quantitative estimate of drug-likeness (QED) is 0.458. The number of aromatic amines is 1. The molecule has 4 heteroatoms. The van der Waals surface area contributed by atoms with Gasteiger partial charge in [-0.15, -0.1) is 0 Å². The van der Waals surface area contributed by atoms with Crippen LogP contribution in [0.3, 0.4) is 0 Å². The number of benzene rings is 2. The van der Waals surface area contributed by atoms with Gasteiger partial charge in [0, 0.05) is 6.92 Å². The first-order chi connectivity index (χ1) is 12.7. The van der Waals surface area contributed by atoms with Crippen molar-refractivity contribution in [1.82, 2.24) is 9.97 Å². The molecule has 0 bridgehead atoms. The first-order valence-electron chi connectivity index (χ1n) is 9.41. The molecule has 4 nitrogen and oxygen atoms in total. The van der Waals surface area contributed by atoms with Gasteiger partial charge in [-0.1, -0.05) is 18.2 Å². The molecule has 4 rings (SSSR count). The lowest BCUT2D eigenvalue weighted by atomic mass is 10.1. The third-order valence-electron chi connectivity index (χ3n) is 4.92. The number of aryl methyl sites for hydroxylation is 1. The van der Waals surface area contributed by atoms with Crippen molar-refractivity contribution >= 4 is 16.8 Å². The molecule has 134 valence electrons. The van der Waals surface area contributed by atoms with Crippen LogP contribution < -0.4 is 4.74 Å². The fourth-order valence-corrected chi connectivity index (χ4v) is 3.28. The fourth-order valence-electron chi connectivity index (χ4n) is 3.28. The summed E-state index contributed by atoms with van der Waals surface area (Å²) in [6.07, 6.45) is 5.72. The van der Waals surface area contributed by atoms with E-state index in [-0.39, 0.29) is 5.78 Å². The second kappa shape index (κ2) is 7.32. The fraction of sp³-hybridized carbons (Fsp3) is 0.364. The molecule has 0 aliphatic heterocycles. The Morgan fingerprint density at radius 3 is 2.88 bits per heavy atom. The molecule has 1 heterocycles. The Morgan fingerprint density at radius 2 is 2.08 bits per heavy atom. The molecule has 1 saturated carbocycles. The molecule has 2 aromatic carbocycles. The van der Waals surface area contributed by atoms with Crippen LogP contribution in [-0.4, -0.2) is 22.4 Å². The second-order valence-corrected chi connectivity index (χ2v) is 7.15. The number of imidazole rings is 1. The van der Waals surface area contributed by atoms with Crippen molar-refractivity contribution in [2.45, 2.75) is 44.9 Å². The normalized spacial score (nSPS) is 13.9. The van der Waals surface area contributed by atoms with Crippen LogP contribution in [0, 0.1) is 0 Å². The van der Waals surface area contributed by atoms with Gasteiger partial charge in [0.15, 0.2) is 11.6 Å². The first-order valence-corrected chi connectivity index (χ1v) is 9.41. The topological polar surface area (TPSA) is 55.0 Å². The third-order valence-corrected chi connectivity index (χ3v) is 4.92. The predicted molar refractivity (Wildman–Crippen MR) is 103 cm³/mol. The van der Waals surface area contributed by atoms with E-state index in [1.54, 1.807) is 0 Å². The van der Waals surface area contributed by atoms with E-state index in [4.69, 9.17) is 4.74 Å².